The summed E-state index contributed by atoms with van der Waals surface area (Å²) in [6.45, 7) is 4.09. The SMILES string of the molecule is Cl.Cn1c(=O)[nH]c(=O)c2cc(S(=O)(=O)NCC3(C)CCNCC3)cnc21. The lowest BCUT2D eigenvalue weighted by atomic mass is 9.81. The van der Waals surface area contributed by atoms with E-state index >= 15 is 0 Å². The third kappa shape index (κ3) is 3.98. The highest BCUT2D eigenvalue weighted by molar-refractivity contribution is 7.89. The van der Waals surface area contributed by atoms with Gasteiger partial charge in [-0.2, -0.15) is 0 Å². The van der Waals surface area contributed by atoms with Crippen LogP contribution in [-0.4, -0.2) is 42.6 Å². The predicted octanol–water partition coefficient (Wildman–Crippen LogP) is -0.288. The Bertz CT molecular complexity index is 1020. The van der Waals surface area contributed by atoms with Crippen molar-refractivity contribution in [3.05, 3.63) is 33.1 Å². The number of aromatic amines is 1. The van der Waals surface area contributed by atoms with Crippen LogP contribution in [0.3, 0.4) is 0 Å². The van der Waals surface area contributed by atoms with Gasteiger partial charge in [-0.15, -0.1) is 12.4 Å². The van der Waals surface area contributed by atoms with Crippen LogP contribution in [0.1, 0.15) is 19.8 Å². The molecule has 1 saturated heterocycles. The van der Waals surface area contributed by atoms with E-state index in [4.69, 9.17) is 0 Å². The summed E-state index contributed by atoms with van der Waals surface area (Å²) >= 11 is 0. The molecule has 0 amide bonds. The van der Waals surface area contributed by atoms with Gasteiger partial charge in [0.15, 0.2) is 0 Å². The number of pyridine rings is 1. The van der Waals surface area contributed by atoms with E-state index in [0.717, 1.165) is 36.7 Å². The smallest absolute Gasteiger partial charge is 0.317 e. The van der Waals surface area contributed by atoms with Crippen LogP contribution in [-0.2, 0) is 17.1 Å². The first-order chi connectivity index (χ1) is 11.7. The second-order valence-corrected chi connectivity index (χ2v) is 8.51. The lowest BCUT2D eigenvalue weighted by molar-refractivity contribution is 0.232. The molecule has 3 rings (SSSR count). The molecule has 0 spiro atoms. The molecule has 26 heavy (non-hydrogen) atoms. The molecule has 0 aromatic carbocycles. The number of fused-ring (bicyclic) bond motifs is 1. The van der Waals surface area contributed by atoms with Gasteiger partial charge >= 0.3 is 5.69 Å². The van der Waals surface area contributed by atoms with Crippen LogP contribution in [0.25, 0.3) is 11.0 Å². The molecule has 0 aliphatic carbocycles. The van der Waals surface area contributed by atoms with Crippen LogP contribution in [0.5, 0.6) is 0 Å². The van der Waals surface area contributed by atoms with E-state index in [0.29, 0.717) is 6.54 Å². The summed E-state index contributed by atoms with van der Waals surface area (Å²) < 4.78 is 28.9. The van der Waals surface area contributed by atoms with E-state index in [-0.39, 0.29) is 33.8 Å². The lowest BCUT2D eigenvalue weighted by Crippen LogP contribution is -2.42. The number of aromatic nitrogens is 3. The van der Waals surface area contributed by atoms with Crippen molar-refractivity contribution >= 4 is 33.5 Å². The molecule has 0 radical (unpaired) electrons. The Balaban J connectivity index is 0.00000243. The number of rotatable bonds is 4. The second-order valence-electron chi connectivity index (χ2n) is 6.75. The molecule has 2 aromatic heterocycles. The minimum atomic E-state index is -3.80. The number of H-pyrrole nitrogens is 1. The van der Waals surface area contributed by atoms with Crippen molar-refractivity contribution in [3.8, 4) is 0 Å². The van der Waals surface area contributed by atoms with Crippen LogP contribution in [0.4, 0.5) is 0 Å². The van der Waals surface area contributed by atoms with Crippen molar-refractivity contribution in [1.29, 1.82) is 0 Å². The molecule has 9 nitrogen and oxygen atoms in total. The van der Waals surface area contributed by atoms with E-state index in [2.05, 4.69) is 26.9 Å². The molecular weight excluding hydrogens is 382 g/mol. The van der Waals surface area contributed by atoms with Gasteiger partial charge in [0, 0.05) is 19.8 Å². The molecule has 1 aliphatic heterocycles. The van der Waals surface area contributed by atoms with Crippen LogP contribution in [0, 0.1) is 5.41 Å². The van der Waals surface area contributed by atoms with Gasteiger partial charge in [-0.25, -0.2) is 22.9 Å². The Hall–Kier alpha value is -1.75. The van der Waals surface area contributed by atoms with Crippen LogP contribution < -0.4 is 21.3 Å². The maximum atomic E-state index is 12.6. The summed E-state index contributed by atoms with van der Waals surface area (Å²) in [7, 11) is -2.35. The number of sulfonamides is 1. The minimum absolute atomic E-state index is 0. The Morgan fingerprint density at radius 2 is 1.96 bits per heavy atom. The molecule has 0 bridgehead atoms. The molecule has 144 valence electrons. The summed E-state index contributed by atoms with van der Waals surface area (Å²) in [6.07, 6.45) is 2.93. The number of nitrogens with one attached hydrogen (secondary N) is 3. The number of halogens is 1. The average molecular weight is 404 g/mol. The molecule has 3 N–H and O–H groups in total. The lowest BCUT2D eigenvalue weighted by Gasteiger charge is -2.34. The van der Waals surface area contributed by atoms with Crippen molar-refractivity contribution < 1.29 is 8.42 Å². The molecule has 1 fully saturated rings. The van der Waals surface area contributed by atoms with Crippen LogP contribution in [0.2, 0.25) is 0 Å². The van der Waals surface area contributed by atoms with Gasteiger partial charge in [0.25, 0.3) is 5.56 Å². The Morgan fingerprint density at radius 1 is 1.31 bits per heavy atom. The number of aryl methyl sites for hydroxylation is 1. The zero-order valence-electron chi connectivity index (χ0n) is 14.5. The molecule has 3 heterocycles. The molecule has 1 aliphatic rings. The van der Waals surface area contributed by atoms with Gasteiger partial charge < -0.3 is 5.32 Å². The highest BCUT2D eigenvalue weighted by atomic mass is 35.5. The molecule has 2 aromatic rings. The van der Waals surface area contributed by atoms with Gasteiger partial charge in [-0.1, -0.05) is 6.92 Å². The maximum absolute atomic E-state index is 12.6. The molecule has 0 atom stereocenters. The van der Waals surface area contributed by atoms with Gasteiger partial charge in [0.1, 0.15) is 10.5 Å². The summed E-state index contributed by atoms with van der Waals surface area (Å²) in [4.78, 5) is 29.6. The molecule has 0 saturated carbocycles. The standard InChI is InChI=1S/C15H21N5O4S.ClH/c1-15(3-5-16-6-4-15)9-18-25(23,24)10-7-11-12(17-8-10)20(2)14(22)19-13(11)21;/h7-8,16,18H,3-6,9H2,1-2H3,(H,19,21,22);1H. The first kappa shape index (κ1) is 20.6. The quantitative estimate of drug-likeness (QED) is 0.644. The number of hydrogen-bond donors (Lipinski definition) is 3. The highest BCUT2D eigenvalue weighted by Gasteiger charge is 2.29. The second kappa shape index (κ2) is 7.47. The monoisotopic (exact) mass is 403 g/mol. The summed E-state index contributed by atoms with van der Waals surface area (Å²) in [5.41, 5.74) is -1.23. The van der Waals surface area contributed by atoms with Gasteiger partial charge in [-0.05, 0) is 37.4 Å². The van der Waals surface area contributed by atoms with Crippen molar-refractivity contribution in [2.75, 3.05) is 19.6 Å². The third-order valence-electron chi connectivity index (χ3n) is 4.74. The number of nitrogens with zero attached hydrogens (tertiary/aromatic N) is 2. The Labute approximate surface area is 156 Å². The predicted molar refractivity (Wildman–Crippen MR) is 100 cm³/mol. The van der Waals surface area contributed by atoms with E-state index in [1.54, 1.807) is 0 Å². The average Bonchev–Trinajstić information content (AvgIpc) is 2.58. The fraction of sp³-hybridized carbons (Fsp3) is 0.533. The molecule has 0 unspecified atom stereocenters. The fourth-order valence-electron chi connectivity index (χ4n) is 2.92. The van der Waals surface area contributed by atoms with Crippen molar-refractivity contribution in [1.82, 2.24) is 24.6 Å². The normalized spacial score (nSPS) is 17.0. The number of piperidine rings is 1. The van der Waals surface area contributed by atoms with Crippen molar-refractivity contribution in [3.63, 3.8) is 0 Å². The van der Waals surface area contributed by atoms with Crippen LogP contribution >= 0.6 is 12.4 Å². The summed E-state index contributed by atoms with van der Waals surface area (Å²) in [5, 5.41) is 3.31. The zero-order chi connectivity index (χ0) is 18.2. The zero-order valence-corrected chi connectivity index (χ0v) is 16.2. The van der Waals surface area contributed by atoms with Crippen LogP contribution in [0.15, 0.2) is 26.7 Å². The maximum Gasteiger partial charge on any atom is 0.329 e. The molecular formula is C15H22ClN5O4S. The van der Waals surface area contributed by atoms with E-state index in [9.17, 15) is 18.0 Å². The first-order valence-electron chi connectivity index (χ1n) is 8.01. The fourth-order valence-corrected chi connectivity index (χ4v) is 4.09. The Morgan fingerprint density at radius 3 is 2.62 bits per heavy atom. The summed E-state index contributed by atoms with van der Waals surface area (Å²) in [5.74, 6) is 0. The number of hydrogen-bond acceptors (Lipinski definition) is 6. The van der Waals surface area contributed by atoms with E-state index < -0.39 is 21.3 Å². The minimum Gasteiger partial charge on any atom is -0.317 e. The Kier molecular flexibility index (Phi) is 5.91. The van der Waals surface area contributed by atoms with Gasteiger partial charge in [-0.3, -0.25) is 14.3 Å². The van der Waals surface area contributed by atoms with Crippen molar-refractivity contribution in [2.45, 2.75) is 24.7 Å². The first-order valence-corrected chi connectivity index (χ1v) is 9.50. The van der Waals surface area contributed by atoms with E-state index in [1.165, 1.54) is 13.1 Å². The molecule has 11 heteroatoms. The topological polar surface area (TPSA) is 126 Å². The summed E-state index contributed by atoms with van der Waals surface area (Å²) in [6, 6.07) is 1.24. The highest BCUT2D eigenvalue weighted by Crippen LogP contribution is 2.27. The van der Waals surface area contributed by atoms with E-state index in [1.807, 2.05) is 0 Å². The third-order valence-corrected chi connectivity index (χ3v) is 6.11. The van der Waals surface area contributed by atoms with Crippen molar-refractivity contribution in [2.24, 2.45) is 12.5 Å². The van der Waals surface area contributed by atoms with Gasteiger partial charge in [0.2, 0.25) is 10.0 Å². The largest absolute Gasteiger partial charge is 0.329 e. The van der Waals surface area contributed by atoms with Gasteiger partial charge in [0.05, 0.1) is 5.39 Å².